The first-order chi connectivity index (χ1) is 9.66. The van der Waals surface area contributed by atoms with Gasteiger partial charge in [-0.1, -0.05) is 36.0 Å². The van der Waals surface area contributed by atoms with Crippen LogP contribution < -0.4 is 5.32 Å². The van der Waals surface area contributed by atoms with Crippen molar-refractivity contribution in [2.75, 3.05) is 12.3 Å². The topological polar surface area (TPSA) is 46.9 Å². The molecular weight excluding hydrogens is 270 g/mol. The number of rotatable bonds is 6. The molecule has 4 nitrogen and oxygen atoms in total. The second kappa shape index (κ2) is 7.14. The molecule has 106 valence electrons. The van der Waals surface area contributed by atoms with Crippen molar-refractivity contribution >= 4 is 17.7 Å². The summed E-state index contributed by atoms with van der Waals surface area (Å²) < 4.78 is 1.91. The van der Waals surface area contributed by atoms with Gasteiger partial charge in [0.2, 0.25) is 5.91 Å². The summed E-state index contributed by atoms with van der Waals surface area (Å²) in [6.45, 7) is 2.76. The van der Waals surface area contributed by atoms with Crippen molar-refractivity contribution in [3.8, 4) is 0 Å². The fourth-order valence-corrected chi connectivity index (χ4v) is 2.66. The van der Waals surface area contributed by atoms with Gasteiger partial charge in [-0.2, -0.15) is 0 Å². The highest BCUT2D eigenvalue weighted by atomic mass is 32.2. The average molecular weight is 289 g/mol. The standard InChI is InChI=1S/C15H19N3OS/c1-12-5-3-4-6-13(12)7-8-16-14(19)11-20-15-17-9-10-18(15)2/h3-6,9-10H,7-8,11H2,1-2H3,(H,16,19). The largest absolute Gasteiger partial charge is 0.355 e. The summed E-state index contributed by atoms with van der Waals surface area (Å²) in [5, 5.41) is 3.80. The molecule has 0 unspecified atom stereocenters. The summed E-state index contributed by atoms with van der Waals surface area (Å²) in [6, 6.07) is 8.25. The van der Waals surface area contributed by atoms with E-state index >= 15 is 0 Å². The molecule has 0 aliphatic heterocycles. The SMILES string of the molecule is Cc1ccccc1CCNC(=O)CSc1nccn1C. The van der Waals surface area contributed by atoms with Crippen LogP contribution in [0.2, 0.25) is 0 Å². The molecule has 20 heavy (non-hydrogen) atoms. The highest BCUT2D eigenvalue weighted by molar-refractivity contribution is 7.99. The molecule has 0 aliphatic rings. The Kier molecular flexibility index (Phi) is 5.24. The van der Waals surface area contributed by atoms with Crippen LogP contribution in [-0.4, -0.2) is 27.8 Å². The Morgan fingerprint density at radius 1 is 1.40 bits per heavy atom. The summed E-state index contributed by atoms with van der Waals surface area (Å²) >= 11 is 1.45. The molecule has 0 saturated carbocycles. The lowest BCUT2D eigenvalue weighted by molar-refractivity contribution is -0.118. The van der Waals surface area contributed by atoms with Gasteiger partial charge in [0.05, 0.1) is 5.75 Å². The number of imidazole rings is 1. The van der Waals surface area contributed by atoms with E-state index < -0.39 is 0 Å². The Morgan fingerprint density at radius 2 is 2.20 bits per heavy atom. The average Bonchev–Trinajstić information content (AvgIpc) is 2.84. The van der Waals surface area contributed by atoms with E-state index in [2.05, 4.69) is 29.4 Å². The van der Waals surface area contributed by atoms with Crippen LogP contribution in [0, 0.1) is 6.92 Å². The molecule has 2 rings (SSSR count). The first kappa shape index (κ1) is 14.7. The second-order valence-electron chi connectivity index (χ2n) is 4.64. The van der Waals surface area contributed by atoms with E-state index in [0.29, 0.717) is 12.3 Å². The Hall–Kier alpha value is -1.75. The zero-order valence-electron chi connectivity index (χ0n) is 11.8. The minimum atomic E-state index is 0.0478. The molecule has 5 heteroatoms. The molecular formula is C15H19N3OS. The number of carbonyl (C=O) groups is 1. The van der Waals surface area contributed by atoms with E-state index in [1.165, 1.54) is 22.9 Å². The number of aryl methyl sites for hydroxylation is 2. The fourth-order valence-electron chi connectivity index (χ4n) is 1.90. The maximum absolute atomic E-state index is 11.8. The molecule has 0 aliphatic carbocycles. The molecule has 1 N–H and O–H groups in total. The zero-order chi connectivity index (χ0) is 14.4. The molecule has 1 aromatic heterocycles. The summed E-state index contributed by atoms with van der Waals surface area (Å²) in [4.78, 5) is 15.9. The third-order valence-corrected chi connectivity index (χ3v) is 4.15. The smallest absolute Gasteiger partial charge is 0.230 e. The molecule has 0 atom stereocenters. The molecule has 0 spiro atoms. The minimum Gasteiger partial charge on any atom is -0.355 e. The zero-order valence-corrected chi connectivity index (χ0v) is 12.6. The molecule has 1 amide bonds. The van der Waals surface area contributed by atoms with Crippen LogP contribution in [0.15, 0.2) is 41.8 Å². The summed E-state index contributed by atoms with van der Waals surface area (Å²) in [5.74, 6) is 0.449. The molecule has 0 saturated heterocycles. The number of amides is 1. The minimum absolute atomic E-state index is 0.0478. The number of benzene rings is 1. The fraction of sp³-hybridized carbons (Fsp3) is 0.333. The molecule has 0 fully saturated rings. The number of carbonyl (C=O) groups excluding carboxylic acids is 1. The predicted octanol–water partition coefficient (Wildman–Crippen LogP) is 2.18. The van der Waals surface area contributed by atoms with Crippen molar-refractivity contribution < 1.29 is 4.79 Å². The third-order valence-electron chi connectivity index (χ3n) is 3.09. The van der Waals surface area contributed by atoms with Crippen LogP contribution >= 0.6 is 11.8 Å². The van der Waals surface area contributed by atoms with E-state index in [0.717, 1.165) is 11.6 Å². The van der Waals surface area contributed by atoms with Gasteiger partial charge in [-0.25, -0.2) is 4.98 Å². The lowest BCUT2D eigenvalue weighted by atomic mass is 10.1. The highest BCUT2D eigenvalue weighted by Crippen LogP contribution is 2.13. The van der Waals surface area contributed by atoms with E-state index in [-0.39, 0.29) is 5.91 Å². The summed E-state index contributed by atoms with van der Waals surface area (Å²) in [5.41, 5.74) is 2.55. The number of thioether (sulfide) groups is 1. The van der Waals surface area contributed by atoms with Crippen molar-refractivity contribution in [1.82, 2.24) is 14.9 Å². The molecule has 1 aromatic carbocycles. The Morgan fingerprint density at radius 3 is 2.90 bits per heavy atom. The lowest BCUT2D eigenvalue weighted by Crippen LogP contribution is -2.27. The Labute approximate surface area is 123 Å². The molecule has 0 radical (unpaired) electrons. The third kappa shape index (κ3) is 4.13. The van der Waals surface area contributed by atoms with E-state index in [1.54, 1.807) is 6.20 Å². The number of hydrogen-bond acceptors (Lipinski definition) is 3. The normalized spacial score (nSPS) is 10.5. The Bertz CT molecular complexity index is 580. The van der Waals surface area contributed by atoms with Crippen LogP contribution in [0.1, 0.15) is 11.1 Å². The van der Waals surface area contributed by atoms with E-state index in [4.69, 9.17) is 0 Å². The van der Waals surface area contributed by atoms with Gasteiger partial charge in [-0.05, 0) is 24.5 Å². The van der Waals surface area contributed by atoms with Crippen LogP contribution in [0.4, 0.5) is 0 Å². The van der Waals surface area contributed by atoms with Crippen LogP contribution in [-0.2, 0) is 18.3 Å². The Balaban J connectivity index is 1.71. The van der Waals surface area contributed by atoms with Crippen LogP contribution in [0.3, 0.4) is 0 Å². The maximum Gasteiger partial charge on any atom is 0.230 e. The van der Waals surface area contributed by atoms with Gasteiger partial charge >= 0.3 is 0 Å². The first-order valence-electron chi connectivity index (χ1n) is 6.58. The number of hydrogen-bond donors (Lipinski definition) is 1. The van der Waals surface area contributed by atoms with Gasteiger partial charge in [0.25, 0.3) is 0 Å². The monoisotopic (exact) mass is 289 g/mol. The van der Waals surface area contributed by atoms with E-state index in [1.807, 2.05) is 29.9 Å². The first-order valence-corrected chi connectivity index (χ1v) is 7.56. The van der Waals surface area contributed by atoms with Gasteiger partial charge in [0.15, 0.2) is 5.16 Å². The molecule has 0 bridgehead atoms. The number of nitrogens with zero attached hydrogens (tertiary/aromatic N) is 2. The lowest BCUT2D eigenvalue weighted by Gasteiger charge is -2.07. The van der Waals surface area contributed by atoms with Crippen molar-refractivity contribution in [1.29, 1.82) is 0 Å². The van der Waals surface area contributed by atoms with Gasteiger partial charge in [0, 0.05) is 26.0 Å². The number of nitrogens with one attached hydrogen (secondary N) is 1. The summed E-state index contributed by atoms with van der Waals surface area (Å²) in [7, 11) is 1.92. The van der Waals surface area contributed by atoms with Gasteiger partial charge in [-0.15, -0.1) is 0 Å². The van der Waals surface area contributed by atoms with Crippen molar-refractivity contribution in [2.24, 2.45) is 7.05 Å². The maximum atomic E-state index is 11.8. The molecule has 2 aromatic rings. The highest BCUT2D eigenvalue weighted by Gasteiger charge is 2.05. The van der Waals surface area contributed by atoms with Gasteiger partial charge in [0.1, 0.15) is 0 Å². The van der Waals surface area contributed by atoms with Crippen molar-refractivity contribution in [3.63, 3.8) is 0 Å². The van der Waals surface area contributed by atoms with Crippen LogP contribution in [0.25, 0.3) is 0 Å². The van der Waals surface area contributed by atoms with Gasteiger partial charge < -0.3 is 9.88 Å². The van der Waals surface area contributed by atoms with E-state index in [9.17, 15) is 4.79 Å². The number of aromatic nitrogens is 2. The van der Waals surface area contributed by atoms with Crippen LogP contribution in [0.5, 0.6) is 0 Å². The second-order valence-corrected chi connectivity index (χ2v) is 5.58. The molecule has 1 heterocycles. The van der Waals surface area contributed by atoms with Crippen molar-refractivity contribution in [3.05, 3.63) is 47.8 Å². The quantitative estimate of drug-likeness (QED) is 0.829. The van der Waals surface area contributed by atoms with Crippen molar-refractivity contribution in [2.45, 2.75) is 18.5 Å². The van der Waals surface area contributed by atoms with Gasteiger partial charge in [-0.3, -0.25) is 4.79 Å². The summed E-state index contributed by atoms with van der Waals surface area (Å²) in [6.07, 6.45) is 4.47. The predicted molar refractivity (Wildman–Crippen MR) is 81.8 cm³/mol.